The molecule has 3 heteroatoms. The van der Waals surface area contributed by atoms with Gasteiger partial charge in [0.25, 0.3) is 0 Å². The van der Waals surface area contributed by atoms with Gasteiger partial charge in [-0.25, -0.2) is 0 Å². The van der Waals surface area contributed by atoms with Crippen LogP contribution in [0.25, 0.3) is 0 Å². The molecule has 0 bridgehead atoms. The highest BCUT2D eigenvalue weighted by atomic mass is 16.3. The third kappa shape index (κ3) is 4.22. The lowest BCUT2D eigenvalue weighted by Gasteiger charge is -2.40. The van der Waals surface area contributed by atoms with Crippen LogP contribution < -0.4 is 0 Å². The standard InChI is InChI=1S/C15H30N2O/c1-16(2)12-14-6-10-17(11-7-14)13-15(18)8-4-3-5-9-15/h14,18H,3-13H2,1-2H3. The predicted octanol–water partition coefficient (Wildman–Crippen LogP) is 1.96. The highest BCUT2D eigenvalue weighted by Gasteiger charge is 2.32. The van der Waals surface area contributed by atoms with Crippen molar-refractivity contribution in [3.8, 4) is 0 Å². The van der Waals surface area contributed by atoms with Gasteiger partial charge in [-0.15, -0.1) is 0 Å². The van der Waals surface area contributed by atoms with Crippen LogP contribution in [0.4, 0.5) is 0 Å². The van der Waals surface area contributed by atoms with Gasteiger partial charge in [0.2, 0.25) is 0 Å². The maximum atomic E-state index is 10.6. The van der Waals surface area contributed by atoms with Crippen LogP contribution in [-0.4, -0.2) is 60.8 Å². The topological polar surface area (TPSA) is 26.7 Å². The molecule has 0 aromatic carbocycles. The summed E-state index contributed by atoms with van der Waals surface area (Å²) in [6.45, 7) is 4.50. The summed E-state index contributed by atoms with van der Waals surface area (Å²) in [5, 5.41) is 10.6. The molecule has 2 rings (SSSR count). The second-order valence-electron chi connectivity index (χ2n) is 6.77. The molecule has 1 aliphatic carbocycles. The summed E-state index contributed by atoms with van der Waals surface area (Å²) < 4.78 is 0. The van der Waals surface area contributed by atoms with Crippen LogP contribution in [0.5, 0.6) is 0 Å². The van der Waals surface area contributed by atoms with Gasteiger partial charge in [-0.05, 0) is 58.8 Å². The van der Waals surface area contributed by atoms with Gasteiger partial charge in [0, 0.05) is 13.1 Å². The molecule has 0 aromatic heterocycles. The Morgan fingerprint density at radius 3 is 2.28 bits per heavy atom. The minimum absolute atomic E-state index is 0.368. The average Bonchev–Trinajstić information content (AvgIpc) is 2.31. The number of hydrogen-bond acceptors (Lipinski definition) is 3. The Balaban J connectivity index is 1.72. The fourth-order valence-electron chi connectivity index (χ4n) is 3.63. The Bertz CT molecular complexity index is 241. The van der Waals surface area contributed by atoms with E-state index in [2.05, 4.69) is 23.9 Å². The van der Waals surface area contributed by atoms with E-state index in [0.29, 0.717) is 0 Å². The van der Waals surface area contributed by atoms with Gasteiger partial charge in [0.05, 0.1) is 5.60 Å². The number of rotatable bonds is 4. The molecule has 1 saturated carbocycles. The number of β-amino-alcohol motifs (C(OH)–C–C–N with tert-alkyl or cyclic N) is 1. The van der Waals surface area contributed by atoms with Crippen LogP contribution in [0.15, 0.2) is 0 Å². The third-order valence-electron chi connectivity index (χ3n) is 4.63. The van der Waals surface area contributed by atoms with Gasteiger partial charge in [0.1, 0.15) is 0 Å². The molecular weight excluding hydrogens is 224 g/mol. The fraction of sp³-hybridized carbons (Fsp3) is 1.00. The molecule has 106 valence electrons. The summed E-state index contributed by atoms with van der Waals surface area (Å²) in [6, 6.07) is 0. The lowest BCUT2D eigenvalue weighted by Crippen LogP contribution is -2.47. The summed E-state index contributed by atoms with van der Waals surface area (Å²) in [7, 11) is 4.33. The number of likely N-dealkylation sites (tertiary alicyclic amines) is 1. The summed E-state index contributed by atoms with van der Waals surface area (Å²) >= 11 is 0. The van der Waals surface area contributed by atoms with Crippen LogP contribution in [0, 0.1) is 5.92 Å². The van der Waals surface area contributed by atoms with Gasteiger partial charge in [-0.3, -0.25) is 0 Å². The SMILES string of the molecule is CN(C)CC1CCN(CC2(O)CCCCC2)CC1. The smallest absolute Gasteiger partial charge is 0.0774 e. The van der Waals surface area contributed by atoms with Crippen molar-refractivity contribution in [3.63, 3.8) is 0 Å². The van der Waals surface area contributed by atoms with E-state index in [-0.39, 0.29) is 5.60 Å². The molecule has 1 heterocycles. The summed E-state index contributed by atoms with van der Waals surface area (Å²) in [5.41, 5.74) is -0.368. The molecule has 1 aliphatic heterocycles. The highest BCUT2D eigenvalue weighted by molar-refractivity contribution is 4.87. The molecule has 0 aromatic rings. The van der Waals surface area contributed by atoms with Crippen molar-refractivity contribution in [1.29, 1.82) is 0 Å². The summed E-state index contributed by atoms with van der Waals surface area (Å²) in [6.07, 6.45) is 8.38. The fourth-order valence-corrected chi connectivity index (χ4v) is 3.63. The van der Waals surface area contributed by atoms with Crippen molar-refractivity contribution < 1.29 is 5.11 Å². The van der Waals surface area contributed by atoms with E-state index in [4.69, 9.17) is 0 Å². The number of nitrogens with zero attached hydrogens (tertiary/aromatic N) is 2. The first-order chi connectivity index (χ1) is 8.57. The summed E-state index contributed by atoms with van der Waals surface area (Å²) in [4.78, 5) is 4.80. The molecule has 1 N–H and O–H groups in total. The van der Waals surface area contributed by atoms with Crippen molar-refractivity contribution in [2.45, 2.75) is 50.5 Å². The second-order valence-corrected chi connectivity index (χ2v) is 6.77. The second kappa shape index (κ2) is 6.36. The number of aliphatic hydroxyl groups is 1. The van der Waals surface area contributed by atoms with Gasteiger partial charge in [0.15, 0.2) is 0 Å². The third-order valence-corrected chi connectivity index (χ3v) is 4.63. The van der Waals surface area contributed by atoms with E-state index in [1.165, 1.54) is 51.7 Å². The van der Waals surface area contributed by atoms with Crippen LogP contribution in [-0.2, 0) is 0 Å². The van der Waals surface area contributed by atoms with E-state index in [9.17, 15) is 5.11 Å². The zero-order chi connectivity index (χ0) is 13.0. The van der Waals surface area contributed by atoms with Crippen molar-refractivity contribution in [2.24, 2.45) is 5.92 Å². The first-order valence-electron chi connectivity index (χ1n) is 7.67. The van der Waals surface area contributed by atoms with Crippen LogP contribution in [0.3, 0.4) is 0 Å². The van der Waals surface area contributed by atoms with Crippen LogP contribution in [0.1, 0.15) is 44.9 Å². The Morgan fingerprint density at radius 1 is 1.11 bits per heavy atom. The Morgan fingerprint density at radius 2 is 1.72 bits per heavy atom. The molecule has 2 fully saturated rings. The molecule has 1 saturated heterocycles. The Hall–Kier alpha value is -0.120. The lowest BCUT2D eigenvalue weighted by molar-refractivity contribution is -0.0332. The highest BCUT2D eigenvalue weighted by Crippen LogP contribution is 2.30. The molecule has 18 heavy (non-hydrogen) atoms. The molecular formula is C15H30N2O. The maximum Gasteiger partial charge on any atom is 0.0774 e. The molecule has 0 radical (unpaired) electrons. The Labute approximate surface area is 112 Å². The van der Waals surface area contributed by atoms with Gasteiger partial charge in [-0.2, -0.15) is 0 Å². The van der Waals surface area contributed by atoms with E-state index >= 15 is 0 Å². The molecule has 0 amide bonds. The zero-order valence-electron chi connectivity index (χ0n) is 12.2. The number of hydrogen-bond donors (Lipinski definition) is 1. The zero-order valence-corrected chi connectivity index (χ0v) is 12.2. The largest absolute Gasteiger partial charge is 0.389 e. The summed E-state index contributed by atoms with van der Waals surface area (Å²) in [5.74, 6) is 0.859. The van der Waals surface area contributed by atoms with Crippen molar-refractivity contribution in [1.82, 2.24) is 9.80 Å². The Kier molecular flexibility index (Phi) is 5.05. The molecule has 2 aliphatic rings. The molecule has 0 unspecified atom stereocenters. The monoisotopic (exact) mass is 254 g/mol. The van der Waals surface area contributed by atoms with Gasteiger partial charge < -0.3 is 14.9 Å². The van der Waals surface area contributed by atoms with Crippen LogP contribution in [0.2, 0.25) is 0 Å². The molecule has 0 atom stereocenters. The van der Waals surface area contributed by atoms with Crippen molar-refractivity contribution in [2.75, 3.05) is 40.3 Å². The quantitative estimate of drug-likeness (QED) is 0.831. The molecule has 0 spiro atoms. The first-order valence-corrected chi connectivity index (χ1v) is 7.67. The minimum Gasteiger partial charge on any atom is -0.389 e. The van der Waals surface area contributed by atoms with E-state index in [0.717, 1.165) is 25.3 Å². The molecule has 3 nitrogen and oxygen atoms in total. The van der Waals surface area contributed by atoms with Gasteiger partial charge in [-0.1, -0.05) is 19.3 Å². The van der Waals surface area contributed by atoms with Gasteiger partial charge >= 0.3 is 0 Å². The minimum atomic E-state index is -0.368. The van der Waals surface area contributed by atoms with E-state index in [1.54, 1.807) is 0 Å². The predicted molar refractivity (Wildman–Crippen MR) is 75.8 cm³/mol. The average molecular weight is 254 g/mol. The normalized spacial score (nSPS) is 26.7. The lowest BCUT2D eigenvalue weighted by atomic mass is 9.84. The van der Waals surface area contributed by atoms with Crippen molar-refractivity contribution in [3.05, 3.63) is 0 Å². The first kappa shape index (κ1) is 14.3. The van der Waals surface area contributed by atoms with E-state index < -0.39 is 0 Å². The maximum absolute atomic E-state index is 10.6. The number of piperidine rings is 1. The van der Waals surface area contributed by atoms with Crippen molar-refractivity contribution >= 4 is 0 Å². The van der Waals surface area contributed by atoms with Crippen LogP contribution >= 0.6 is 0 Å². The van der Waals surface area contributed by atoms with E-state index in [1.807, 2.05) is 0 Å².